The standard InChI is InChI=1S/C22H32O3/c1-21-9-7-16-17(19(21)8-10-22(21,2)23)6-5-14-12-20(25-4)15(13-24-3)11-18(14)16/h11-12,16-17,19,23H,5-10,13H2,1-4H3/t16?,17?,19?,21-,22-/m0/s1. The number of hydrogen-bond acceptors (Lipinski definition) is 3. The average Bonchev–Trinajstić information content (AvgIpc) is 2.84. The third-order valence-corrected chi connectivity index (χ3v) is 7.99. The average molecular weight is 344 g/mol. The van der Waals surface area contributed by atoms with E-state index in [4.69, 9.17) is 9.47 Å². The Bertz CT molecular complexity index is 665. The van der Waals surface area contributed by atoms with Crippen molar-refractivity contribution in [2.24, 2.45) is 17.3 Å². The molecule has 3 aliphatic rings. The van der Waals surface area contributed by atoms with Gasteiger partial charge in [0.05, 0.1) is 19.3 Å². The van der Waals surface area contributed by atoms with Crippen molar-refractivity contribution in [1.82, 2.24) is 0 Å². The van der Waals surface area contributed by atoms with E-state index in [2.05, 4.69) is 26.0 Å². The predicted octanol–water partition coefficient (Wildman–Crippen LogP) is 4.45. The molecule has 5 atom stereocenters. The first-order valence-electron chi connectivity index (χ1n) is 9.82. The zero-order chi connectivity index (χ0) is 17.8. The van der Waals surface area contributed by atoms with Crippen LogP contribution in [0.25, 0.3) is 0 Å². The molecule has 3 aliphatic carbocycles. The minimum Gasteiger partial charge on any atom is -0.496 e. The quantitative estimate of drug-likeness (QED) is 0.880. The van der Waals surface area contributed by atoms with Gasteiger partial charge >= 0.3 is 0 Å². The van der Waals surface area contributed by atoms with Gasteiger partial charge in [0.15, 0.2) is 0 Å². The van der Waals surface area contributed by atoms with Crippen LogP contribution in [0.5, 0.6) is 5.75 Å². The van der Waals surface area contributed by atoms with Gasteiger partial charge in [0.25, 0.3) is 0 Å². The van der Waals surface area contributed by atoms with Crippen molar-refractivity contribution in [3.05, 3.63) is 28.8 Å². The maximum absolute atomic E-state index is 11.0. The Labute approximate surface area is 151 Å². The number of hydrogen-bond donors (Lipinski definition) is 1. The molecule has 0 amide bonds. The Balaban J connectivity index is 1.71. The van der Waals surface area contributed by atoms with Crippen molar-refractivity contribution in [3.63, 3.8) is 0 Å². The summed E-state index contributed by atoms with van der Waals surface area (Å²) in [7, 11) is 3.49. The lowest BCUT2D eigenvalue weighted by atomic mass is 9.53. The topological polar surface area (TPSA) is 38.7 Å². The van der Waals surface area contributed by atoms with Gasteiger partial charge < -0.3 is 14.6 Å². The summed E-state index contributed by atoms with van der Waals surface area (Å²) < 4.78 is 11.0. The van der Waals surface area contributed by atoms with Gasteiger partial charge in [0.2, 0.25) is 0 Å². The fourth-order valence-corrected chi connectivity index (χ4v) is 6.35. The predicted molar refractivity (Wildman–Crippen MR) is 98.9 cm³/mol. The number of fused-ring (bicyclic) bond motifs is 5. The molecule has 2 fully saturated rings. The molecule has 0 saturated heterocycles. The van der Waals surface area contributed by atoms with Crippen LogP contribution in [0.2, 0.25) is 0 Å². The van der Waals surface area contributed by atoms with Gasteiger partial charge in [-0.2, -0.15) is 0 Å². The van der Waals surface area contributed by atoms with Crippen molar-refractivity contribution < 1.29 is 14.6 Å². The first-order chi connectivity index (χ1) is 11.9. The van der Waals surface area contributed by atoms with Gasteiger partial charge in [-0.3, -0.25) is 0 Å². The van der Waals surface area contributed by atoms with E-state index in [1.807, 2.05) is 0 Å². The van der Waals surface area contributed by atoms with Gasteiger partial charge in [-0.15, -0.1) is 0 Å². The minimum absolute atomic E-state index is 0.0908. The van der Waals surface area contributed by atoms with E-state index in [1.54, 1.807) is 14.2 Å². The summed E-state index contributed by atoms with van der Waals surface area (Å²) in [6, 6.07) is 4.60. The van der Waals surface area contributed by atoms with E-state index in [9.17, 15) is 5.11 Å². The molecule has 1 aromatic carbocycles. The van der Waals surface area contributed by atoms with Crippen molar-refractivity contribution in [2.75, 3.05) is 14.2 Å². The van der Waals surface area contributed by atoms with Crippen molar-refractivity contribution in [3.8, 4) is 5.75 Å². The van der Waals surface area contributed by atoms with Crippen LogP contribution in [0.3, 0.4) is 0 Å². The zero-order valence-corrected chi connectivity index (χ0v) is 16.1. The third kappa shape index (κ3) is 2.46. The highest BCUT2D eigenvalue weighted by atomic mass is 16.5. The summed E-state index contributed by atoms with van der Waals surface area (Å²) in [4.78, 5) is 0. The Kier molecular flexibility index (Phi) is 4.16. The van der Waals surface area contributed by atoms with E-state index in [0.29, 0.717) is 24.4 Å². The first kappa shape index (κ1) is 17.4. The maximum atomic E-state index is 11.0. The van der Waals surface area contributed by atoms with Crippen LogP contribution in [0.15, 0.2) is 12.1 Å². The van der Waals surface area contributed by atoms with E-state index in [1.165, 1.54) is 30.4 Å². The Morgan fingerprint density at radius 3 is 2.64 bits per heavy atom. The minimum atomic E-state index is -0.496. The van der Waals surface area contributed by atoms with E-state index in [0.717, 1.165) is 30.6 Å². The molecule has 0 spiro atoms. The maximum Gasteiger partial charge on any atom is 0.124 e. The van der Waals surface area contributed by atoms with Crippen LogP contribution >= 0.6 is 0 Å². The molecule has 138 valence electrons. The molecular weight excluding hydrogens is 312 g/mol. The molecule has 0 aromatic heterocycles. The smallest absolute Gasteiger partial charge is 0.124 e. The largest absolute Gasteiger partial charge is 0.496 e. The highest BCUT2D eigenvalue weighted by Gasteiger charge is 2.59. The lowest BCUT2D eigenvalue weighted by molar-refractivity contribution is -0.0901. The highest BCUT2D eigenvalue weighted by Crippen LogP contribution is 2.64. The molecular formula is C22H32O3. The lowest BCUT2D eigenvalue weighted by Gasteiger charge is -2.52. The second-order valence-corrected chi connectivity index (χ2v) is 8.98. The zero-order valence-electron chi connectivity index (χ0n) is 16.1. The Morgan fingerprint density at radius 1 is 1.12 bits per heavy atom. The van der Waals surface area contributed by atoms with Crippen LogP contribution in [0.1, 0.15) is 68.6 Å². The molecule has 0 bridgehead atoms. The molecule has 2 saturated carbocycles. The summed E-state index contributed by atoms with van der Waals surface area (Å²) in [5.74, 6) is 2.96. The summed E-state index contributed by atoms with van der Waals surface area (Å²) in [5.41, 5.74) is 3.75. The fraction of sp³-hybridized carbons (Fsp3) is 0.727. The van der Waals surface area contributed by atoms with Crippen LogP contribution < -0.4 is 4.74 Å². The van der Waals surface area contributed by atoms with Crippen molar-refractivity contribution >= 4 is 0 Å². The molecule has 0 heterocycles. The number of aliphatic hydroxyl groups is 1. The monoisotopic (exact) mass is 344 g/mol. The van der Waals surface area contributed by atoms with Gasteiger partial charge in [-0.25, -0.2) is 0 Å². The molecule has 0 radical (unpaired) electrons. The number of benzene rings is 1. The molecule has 1 N–H and O–H groups in total. The summed E-state index contributed by atoms with van der Waals surface area (Å²) in [5, 5.41) is 11.0. The fourth-order valence-electron chi connectivity index (χ4n) is 6.35. The number of rotatable bonds is 3. The molecule has 25 heavy (non-hydrogen) atoms. The van der Waals surface area contributed by atoms with Gasteiger partial charge in [-0.1, -0.05) is 6.92 Å². The van der Waals surface area contributed by atoms with Gasteiger partial charge in [0, 0.05) is 12.7 Å². The Hall–Kier alpha value is -1.06. The van der Waals surface area contributed by atoms with Gasteiger partial charge in [0.1, 0.15) is 5.75 Å². The summed E-state index contributed by atoms with van der Waals surface area (Å²) in [6.45, 7) is 5.02. The molecule has 0 aliphatic heterocycles. The van der Waals surface area contributed by atoms with E-state index in [-0.39, 0.29) is 5.41 Å². The van der Waals surface area contributed by atoms with Crippen molar-refractivity contribution in [1.29, 1.82) is 0 Å². The molecule has 4 rings (SSSR count). The van der Waals surface area contributed by atoms with Crippen molar-refractivity contribution in [2.45, 2.75) is 70.5 Å². The van der Waals surface area contributed by atoms with Crippen LogP contribution in [0.4, 0.5) is 0 Å². The van der Waals surface area contributed by atoms with Crippen LogP contribution in [-0.4, -0.2) is 24.9 Å². The van der Waals surface area contributed by atoms with E-state index < -0.39 is 5.60 Å². The second-order valence-electron chi connectivity index (χ2n) is 8.98. The Morgan fingerprint density at radius 2 is 1.92 bits per heavy atom. The lowest BCUT2D eigenvalue weighted by Crippen LogP contribution is -2.49. The summed E-state index contributed by atoms with van der Waals surface area (Å²) >= 11 is 0. The molecule has 3 heteroatoms. The SMILES string of the molecule is COCc1cc2c(cc1OC)CCC1C2CC[C@@]2(C)C1CC[C@]2(C)O. The normalized spacial score (nSPS) is 39.5. The molecule has 1 aromatic rings. The number of ether oxygens (including phenoxy) is 2. The van der Waals surface area contributed by atoms with E-state index >= 15 is 0 Å². The summed E-state index contributed by atoms with van der Waals surface area (Å²) in [6.07, 6.45) is 6.86. The first-order valence-corrected chi connectivity index (χ1v) is 9.82. The highest BCUT2D eigenvalue weighted by molar-refractivity contribution is 5.46. The number of aryl methyl sites for hydroxylation is 1. The van der Waals surface area contributed by atoms with Crippen LogP contribution in [0, 0.1) is 17.3 Å². The van der Waals surface area contributed by atoms with Crippen LogP contribution in [-0.2, 0) is 17.8 Å². The second kappa shape index (κ2) is 5.99. The molecule has 3 nitrogen and oxygen atoms in total. The third-order valence-electron chi connectivity index (χ3n) is 7.99. The molecule has 3 unspecified atom stereocenters. The number of methoxy groups -OCH3 is 2. The van der Waals surface area contributed by atoms with Gasteiger partial charge in [-0.05, 0) is 91.9 Å².